The minimum Gasteiger partial charge on any atom is -0.456 e. The number of alkyl halides is 3. The molecule has 0 aliphatic carbocycles. The van der Waals surface area contributed by atoms with Gasteiger partial charge in [-0.1, -0.05) is 6.07 Å². The molecule has 0 aliphatic heterocycles. The Labute approximate surface area is 183 Å². The van der Waals surface area contributed by atoms with Crippen molar-refractivity contribution in [1.82, 2.24) is 14.1 Å². The van der Waals surface area contributed by atoms with Gasteiger partial charge in [0.05, 0.1) is 30.2 Å². The molecule has 1 atom stereocenters. The van der Waals surface area contributed by atoms with Crippen molar-refractivity contribution in [3.63, 3.8) is 0 Å². The van der Waals surface area contributed by atoms with E-state index in [9.17, 15) is 22.8 Å². The number of hydrogen-bond donors (Lipinski definition) is 0. The number of aromatic nitrogens is 3. The number of halogens is 4. The molecule has 3 rings (SSSR count). The van der Waals surface area contributed by atoms with E-state index >= 15 is 0 Å². The topological polar surface area (TPSA) is 75.3 Å². The SMILES string of the molecule is Cn1c(=O)n(CCCOPI)c(=O)c2cc(Oc3cccc(C(F)(F)F)c3)cnc21. The maximum atomic E-state index is 12.9. The van der Waals surface area contributed by atoms with Crippen LogP contribution in [0.15, 0.2) is 46.1 Å². The van der Waals surface area contributed by atoms with Gasteiger partial charge < -0.3 is 9.26 Å². The average Bonchev–Trinajstić information content (AvgIpc) is 2.71. The van der Waals surface area contributed by atoms with Gasteiger partial charge in [0, 0.05) is 13.6 Å². The molecule has 3 aromatic rings. The Morgan fingerprint density at radius 1 is 1.20 bits per heavy atom. The zero-order chi connectivity index (χ0) is 21.9. The van der Waals surface area contributed by atoms with E-state index in [1.54, 1.807) is 0 Å². The molecular weight excluding hydrogens is 537 g/mol. The van der Waals surface area contributed by atoms with Crippen LogP contribution >= 0.6 is 28.5 Å². The highest BCUT2D eigenvalue weighted by Crippen LogP contribution is 2.32. The molecule has 0 aliphatic rings. The van der Waals surface area contributed by atoms with Gasteiger partial charge in [-0.15, -0.1) is 0 Å². The van der Waals surface area contributed by atoms with Gasteiger partial charge in [-0.2, -0.15) is 13.2 Å². The summed E-state index contributed by atoms with van der Waals surface area (Å²) in [4.78, 5) is 29.4. The van der Waals surface area contributed by atoms with Crippen molar-refractivity contribution in [2.24, 2.45) is 7.05 Å². The monoisotopic (exact) mass is 553 g/mol. The van der Waals surface area contributed by atoms with E-state index in [0.717, 1.165) is 16.7 Å². The molecule has 2 aromatic heterocycles. The third-order valence-corrected chi connectivity index (χ3v) is 5.48. The maximum Gasteiger partial charge on any atom is 0.416 e. The van der Waals surface area contributed by atoms with Crippen LogP contribution < -0.4 is 16.0 Å². The van der Waals surface area contributed by atoms with Crippen LogP contribution in [0, 0.1) is 0 Å². The molecule has 12 heteroatoms. The molecule has 0 saturated heterocycles. The lowest BCUT2D eigenvalue weighted by Crippen LogP contribution is -2.39. The smallest absolute Gasteiger partial charge is 0.416 e. The van der Waals surface area contributed by atoms with E-state index in [4.69, 9.17) is 9.26 Å². The third kappa shape index (κ3) is 5.01. The second kappa shape index (κ2) is 9.44. The summed E-state index contributed by atoms with van der Waals surface area (Å²) in [5, 5.41) is 0.123. The van der Waals surface area contributed by atoms with Crippen LogP contribution in [0.1, 0.15) is 12.0 Å². The Morgan fingerprint density at radius 3 is 2.67 bits per heavy atom. The summed E-state index contributed by atoms with van der Waals surface area (Å²) in [7, 11) is 1.49. The van der Waals surface area contributed by atoms with E-state index < -0.39 is 23.0 Å². The van der Waals surface area contributed by atoms with Crippen LogP contribution in [0.3, 0.4) is 0 Å². The molecule has 1 unspecified atom stereocenters. The van der Waals surface area contributed by atoms with E-state index in [1.807, 2.05) is 0 Å². The molecule has 30 heavy (non-hydrogen) atoms. The number of rotatable bonds is 7. The quantitative estimate of drug-likeness (QED) is 0.249. The molecule has 0 radical (unpaired) electrons. The highest BCUT2D eigenvalue weighted by atomic mass is 127. The van der Waals surface area contributed by atoms with E-state index in [-0.39, 0.29) is 35.5 Å². The summed E-state index contributed by atoms with van der Waals surface area (Å²) in [6.45, 7) is 0.861. The maximum absolute atomic E-state index is 12.9. The lowest BCUT2D eigenvalue weighted by atomic mass is 10.2. The summed E-state index contributed by atoms with van der Waals surface area (Å²) >= 11 is 2.08. The highest BCUT2D eigenvalue weighted by molar-refractivity contribution is 14.2. The fourth-order valence-corrected chi connectivity index (χ4v) is 3.71. The van der Waals surface area contributed by atoms with Crippen molar-refractivity contribution in [2.45, 2.75) is 19.1 Å². The number of nitrogens with zero attached hydrogens (tertiary/aromatic N) is 3. The predicted molar refractivity (Wildman–Crippen MR) is 116 cm³/mol. The second-order valence-corrected chi connectivity index (χ2v) is 8.01. The van der Waals surface area contributed by atoms with Crippen LogP contribution in [-0.2, 0) is 24.3 Å². The van der Waals surface area contributed by atoms with E-state index in [0.29, 0.717) is 13.0 Å². The minimum absolute atomic E-state index is 0.0482. The lowest BCUT2D eigenvalue weighted by Gasteiger charge is -2.12. The van der Waals surface area contributed by atoms with Crippen LogP contribution in [0.4, 0.5) is 13.2 Å². The van der Waals surface area contributed by atoms with Gasteiger partial charge in [-0.05, 0) is 52.7 Å². The lowest BCUT2D eigenvalue weighted by molar-refractivity contribution is -0.137. The van der Waals surface area contributed by atoms with Crippen molar-refractivity contribution in [2.75, 3.05) is 6.61 Å². The first-order valence-electron chi connectivity index (χ1n) is 8.64. The summed E-state index contributed by atoms with van der Waals surface area (Å²) < 4.78 is 51.7. The molecule has 0 fully saturated rings. The zero-order valence-electron chi connectivity index (χ0n) is 15.6. The van der Waals surface area contributed by atoms with Crippen LogP contribution in [0.25, 0.3) is 11.0 Å². The van der Waals surface area contributed by atoms with Gasteiger partial charge in [0.25, 0.3) is 5.56 Å². The minimum atomic E-state index is -4.51. The van der Waals surface area contributed by atoms with Gasteiger partial charge in [0.2, 0.25) is 0 Å². The summed E-state index contributed by atoms with van der Waals surface area (Å²) in [6, 6.07) is 5.75. The molecule has 7 nitrogen and oxygen atoms in total. The molecule has 0 amide bonds. The number of ether oxygens (including phenoxy) is 1. The van der Waals surface area contributed by atoms with Crippen molar-refractivity contribution in [1.29, 1.82) is 0 Å². The van der Waals surface area contributed by atoms with Gasteiger partial charge in [0.1, 0.15) is 17.1 Å². The molecule has 0 bridgehead atoms. The number of fused-ring (bicyclic) bond motifs is 1. The van der Waals surface area contributed by atoms with Crippen molar-refractivity contribution in [3.8, 4) is 11.5 Å². The molecular formula is C18H16F3IN3O4P. The van der Waals surface area contributed by atoms with E-state index in [2.05, 4.69) is 27.0 Å². The first-order valence-corrected chi connectivity index (χ1v) is 12.7. The summed E-state index contributed by atoms with van der Waals surface area (Å²) in [5.41, 5.74) is -1.76. The highest BCUT2D eigenvalue weighted by Gasteiger charge is 2.30. The Morgan fingerprint density at radius 2 is 1.97 bits per heavy atom. The predicted octanol–water partition coefficient (Wildman–Crippen LogP) is 4.26. The zero-order valence-corrected chi connectivity index (χ0v) is 18.7. The van der Waals surface area contributed by atoms with Gasteiger partial charge >= 0.3 is 11.9 Å². The molecule has 160 valence electrons. The Hall–Kier alpha value is -1.98. The van der Waals surface area contributed by atoms with Gasteiger partial charge in [0.15, 0.2) is 0 Å². The van der Waals surface area contributed by atoms with Crippen LogP contribution in [-0.4, -0.2) is 20.7 Å². The van der Waals surface area contributed by atoms with Crippen molar-refractivity contribution >= 4 is 39.5 Å². The largest absolute Gasteiger partial charge is 0.456 e. The standard InChI is InChI=1S/C18H16F3IN3O4P/c1-24-15-14(16(26)25(17(24)27)6-3-7-28-30-22)9-13(10-23-15)29-12-5-2-4-11(8-12)18(19,20)21/h2,4-5,8-10,30H,3,6-7H2,1H3. The summed E-state index contributed by atoms with van der Waals surface area (Å²) in [6.07, 6.45) is -2.78. The average molecular weight is 553 g/mol. The fourth-order valence-electron chi connectivity index (χ4n) is 2.83. The number of pyridine rings is 1. The van der Waals surface area contributed by atoms with Crippen LogP contribution in [0.2, 0.25) is 0 Å². The Kier molecular flexibility index (Phi) is 7.14. The van der Waals surface area contributed by atoms with Crippen LogP contribution in [0.5, 0.6) is 11.5 Å². The molecule has 0 N–H and O–H groups in total. The number of hydrogen-bond acceptors (Lipinski definition) is 5. The molecule has 2 heterocycles. The number of aryl methyl sites for hydroxylation is 1. The molecule has 1 aromatic carbocycles. The van der Waals surface area contributed by atoms with Gasteiger partial charge in [-0.3, -0.25) is 13.9 Å². The Balaban J connectivity index is 1.97. The first-order chi connectivity index (χ1) is 14.2. The molecule has 0 spiro atoms. The Bertz CT molecular complexity index is 1180. The normalized spacial score (nSPS) is 12.2. The van der Waals surface area contributed by atoms with Gasteiger partial charge in [-0.25, -0.2) is 9.78 Å². The molecule has 0 saturated carbocycles. The van der Waals surface area contributed by atoms with Crippen molar-refractivity contribution < 1.29 is 22.4 Å². The third-order valence-electron chi connectivity index (χ3n) is 4.23. The number of benzene rings is 1. The van der Waals surface area contributed by atoms with Crippen molar-refractivity contribution in [3.05, 3.63) is 62.9 Å². The summed E-state index contributed by atoms with van der Waals surface area (Å²) in [5.74, 6) is 0.0338. The first kappa shape index (κ1) is 22.7. The second-order valence-electron chi connectivity index (χ2n) is 6.25. The van der Waals surface area contributed by atoms with E-state index in [1.165, 1.54) is 36.0 Å². The fraction of sp³-hybridized carbons (Fsp3) is 0.278.